The predicted molar refractivity (Wildman–Crippen MR) is 130 cm³/mol. The number of nitrogens with zero attached hydrogens (tertiary/aromatic N) is 5. The van der Waals surface area contributed by atoms with Crippen LogP contribution in [-0.4, -0.2) is 43.4 Å². The minimum Gasteiger partial charge on any atom is -0.503 e. The lowest BCUT2D eigenvalue weighted by atomic mass is 10.2. The van der Waals surface area contributed by atoms with E-state index in [0.29, 0.717) is 21.6 Å². The van der Waals surface area contributed by atoms with Gasteiger partial charge in [0.25, 0.3) is 11.5 Å². The van der Waals surface area contributed by atoms with Crippen molar-refractivity contribution in [1.82, 2.24) is 14.6 Å². The number of aromatic nitrogens is 3. The second kappa shape index (κ2) is 11.3. The Morgan fingerprint density at radius 1 is 1.14 bits per heavy atom. The summed E-state index contributed by atoms with van der Waals surface area (Å²) in [6, 6.07) is 13.3. The first-order valence-electron chi connectivity index (χ1n) is 9.97. The van der Waals surface area contributed by atoms with Crippen LogP contribution in [0, 0.1) is 0 Å². The quantitative estimate of drug-likeness (QED) is 0.169. The van der Waals surface area contributed by atoms with Gasteiger partial charge in [0.15, 0.2) is 10.8 Å². The molecule has 2 aromatic carbocycles. The molecule has 35 heavy (non-hydrogen) atoms. The summed E-state index contributed by atoms with van der Waals surface area (Å²) in [6.07, 6.45) is 0. The molecule has 0 atom stereocenters. The molecule has 2 aromatic heterocycles. The first-order valence-corrected chi connectivity index (χ1v) is 11.2. The van der Waals surface area contributed by atoms with Crippen molar-refractivity contribution in [2.45, 2.75) is 13.8 Å². The number of hydrogen-bond acceptors (Lipinski definition) is 10. The number of para-hydroxylation sites is 1. The van der Waals surface area contributed by atoms with Gasteiger partial charge < -0.3 is 14.9 Å². The van der Waals surface area contributed by atoms with E-state index in [0.717, 1.165) is 18.3 Å². The second-order valence-electron chi connectivity index (χ2n) is 6.65. The monoisotopic (exact) mass is 515 g/mol. The maximum atomic E-state index is 12.4. The van der Waals surface area contributed by atoms with Gasteiger partial charge in [-0.05, 0) is 43.3 Å². The van der Waals surface area contributed by atoms with Crippen LogP contribution < -0.4 is 5.56 Å². The van der Waals surface area contributed by atoms with Crippen LogP contribution in [0.2, 0.25) is 5.02 Å². The fraction of sp³-hybridized carbons (Fsp3) is 0.136. The largest absolute Gasteiger partial charge is 0.503 e. The SMILES string of the molecule is CC(=O)O.CCOC(=O)/C(N=Nc1ccc(Cl)cc1)=C(\O)c1nn2c(nc(=O)c3ccccc32)s1. The van der Waals surface area contributed by atoms with E-state index >= 15 is 0 Å². The van der Waals surface area contributed by atoms with Gasteiger partial charge in [0.1, 0.15) is 0 Å². The number of carbonyl (C=O) groups is 2. The Labute approximate surface area is 206 Å². The van der Waals surface area contributed by atoms with Crippen molar-refractivity contribution < 1.29 is 24.5 Å². The average molecular weight is 516 g/mol. The molecule has 0 radical (unpaired) electrons. The van der Waals surface area contributed by atoms with Gasteiger partial charge >= 0.3 is 5.97 Å². The van der Waals surface area contributed by atoms with Gasteiger partial charge in [-0.25, -0.2) is 9.31 Å². The maximum Gasteiger partial charge on any atom is 0.362 e. The summed E-state index contributed by atoms with van der Waals surface area (Å²) in [4.78, 5) is 37.9. The van der Waals surface area contributed by atoms with Crippen molar-refractivity contribution in [3.05, 3.63) is 74.6 Å². The van der Waals surface area contributed by atoms with Crippen LogP contribution in [0.4, 0.5) is 5.69 Å². The maximum absolute atomic E-state index is 12.4. The van der Waals surface area contributed by atoms with Crippen LogP contribution in [-0.2, 0) is 14.3 Å². The highest BCUT2D eigenvalue weighted by Crippen LogP contribution is 2.26. The number of aliphatic hydroxyl groups is 1. The average Bonchev–Trinajstić information content (AvgIpc) is 3.24. The Hall–Kier alpha value is -4.16. The molecule has 0 saturated heterocycles. The van der Waals surface area contributed by atoms with Crippen molar-refractivity contribution >= 4 is 62.2 Å². The molecule has 2 N–H and O–H groups in total. The molecular weight excluding hydrogens is 498 g/mol. The second-order valence-corrected chi connectivity index (χ2v) is 8.04. The number of aliphatic carboxylic acids is 1. The number of carbonyl (C=O) groups excluding carboxylic acids is 1. The third-order valence-corrected chi connectivity index (χ3v) is 5.27. The lowest BCUT2D eigenvalue weighted by Crippen LogP contribution is -2.09. The van der Waals surface area contributed by atoms with Crippen LogP contribution >= 0.6 is 22.9 Å². The highest BCUT2D eigenvalue weighted by molar-refractivity contribution is 7.17. The molecule has 2 heterocycles. The van der Waals surface area contributed by atoms with Crippen molar-refractivity contribution in [2.24, 2.45) is 10.2 Å². The normalized spacial score (nSPS) is 11.7. The fourth-order valence-corrected chi connectivity index (χ4v) is 3.66. The lowest BCUT2D eigenvalue weighted by molar-refractivity contribution is -0.138. The molecule has 0 aliphatic heterocycles. The molecule has 13 heteroatoms. The molecule has 0 unspecified atom stereocenters. The summed E-state index contributed by atoms with van der Waals surface area (Å²) >= 11 is 6.78. The Bertz CT molecular complexity index is 1510. The summed E-state index contributed by atoms with van der Waals surface area (Å²) in [5, 5.41) is 31.3. The first-order chi connectivity index (χ1) is 16.7. The third-order valence-electron chi connectivity index (χ3n) is 4.11. The van der Waals surface area contributed by atoms with Crippen LogP contribution in [0.3, 0.4) is 0 Å². The van der Waals surface area contributed by atoms with Crippen LogP contribution in [0.1, 0.15) is 18.9 Å². The van der Waals surface area contributed by atoms with Crippen LogP contribution in [0.15, 0.2) is 69.3 Å². The highest BCUT2D eigenvalue weighted by Gasteiger charge is 2.22. The number of halogens is 1. The standard InChI is InChI=1S/C20H14ClN5O4S.C2H4O2/c1-2-30-19(29)15(24-23-12-9-7-11(21)8-10-12)16(27)18-25-26-14-6-4-3-5-13(14)17(28)22-20(26)31-18;1-2(3)4/h3-10,27H,2H2,1H3;1H3,(H,3,4)/b16-15+,24-23?;. The minimum absolute atomic E-state index is 0.0290. The number of aliphatic hydroxyl groups excluding tert-OH is 1. The zero-order chi connectivity index (χ0) is 25.5. The molecule has 0 bridgehead atoms. The molecule has 180 valence electrons. The van der Waals surface area contributed by atoms with Gasteiger partial charge in [0, 0.05) is 11.9 Å². The number of carboxylic acids is 1. The third kappa shape index (κ3) is 6.25. The van der Waals surface area contributed by atoms with E-state index in [1.54, 1.807) is 55.5 Å². The van der Waals surface area contributed by atoms with E-state index < -0.39 is 29.0 Å². The van der Waals surface area contributed by atoms with E-state index in [9.17, 15) is 14.7 Å². The van der Waals surface area contributed by atoms with E-state index in [1.165, 1.54) is 4.52 Å². The Morgan fingerprint density at radius 2 is 1.80 bits per heavy atom. The zero-order valence-electron chi connectivity index (χ0n) is 18.4. The number of esters is 1. The lowest BCUT2D eigenvalue weighted by Gasteiger charge is -2.03. The van der Waals surface area contributed by atoms with Crippen LogP contribution in [0.25, 0.3) is 21.6 Å². The van der Waals surface area contributed by atoms with E-state index in [2.05, 4.69) is 20.3 Å². The molecule has 4 rings (SSSR count). The highest BCUT2D eigenvalue weighted by atomic mass is 35.5. The number of azo groups is 1. The molecule has 0 fully saturated rings. The van der Waals surface area contributed by atoms with Crippen LogP contribution in [0.5, 0.6) is 0 Å². The summed E-state index contributed by atoms with van der Waals surface area (Å²) in [7, 11) is 0. The van der Waals surface area contributed by atoms with Crippen molar-refractivity contribution in [3.8, 4) is 0 Å². The number of fused-ring (bicyclic) bond motifs is 3. The Morgan fingerprint density at radius 3 is 2.46 bits per heavy atom. The van der Waals surface area contributed by atoms with Gasteiger partial charge in [-0.2, -0.15) is 15.2 Å². The topological polar surface area (TPSA) is 156 Å². The van der Waals surface area contributed by atoms with Crippen molar-refractivity contribution in [3.63, 3.8) is 0 Å². The number of ether oxygens (including phenoxy) is 1. The summed E-state index contributed by atoms with van der Waals surface area (Å²) in [5.74, 6) is -2.24. The minimum atomic E-state index is -0.871. The van der Waals surface area contributed by atoms with Crippen molar-refractivity contribution in [2.75, 3.05) is 6.61 Å². The number of rotatable bonds is 5. The fourth-order valence-electron chi connectivity index (χ4n) is 2.69. The molecule has 0 saturated carbocycles. The molecule has 0 amide bonds. The summed E-state index contributed by atoms with van der Waals surface area (Å²) in [5.41, 5.74) is 0.0972. The van der Waals surface area contributed by atoms with Gasteiger partial charge in [0.05, 0.1) is 23.2 Å². The van der Waals surface area contributed by atoms with Gasteiger partial charge in [-0.3, -0.25) is 9.59 Å². The predicted octanol–water partition coefficient (Wildman–Crippen LogP) is 4.62. The molecule has 0 spiro atoms. The van der Waals surface area contributed by atoms with E-state index in [1.807, 2.05) is 0 Å². The van der Waals surface area contributed by atoms with Crippen molar-refractivity contribution in [1.29, 1.82) is 0 Å². The van der Waals surface area contributed by atoms with Gasteiger partial charge in [0.2, 0.25) is 10.7 Å². The Kier molecular flexibility index (Phi) is 8.23. The number of hydrogen-bond donors (Lipinski definition) is 2. The summed E-state index contributed by atoms with van der Waals surface area (Å²) in [6.45, 7) is 2.79. The van der Waals surface area contributed by atoms with Gasteiger partial charge in [-0.1, -0.05) is 35.1 Å². The summed E-state index contributed by atoms with van der Waals surface area (Å²) < 4.78 is 6.41. The molecular formula is C22H18ClN5O6S. The molecule has 4 aromatic rings. The zero-order valence-corrected chi connectivity index (χ0v) is 19.9. The number of benzene rings is 2. The van der Waals surface area contributed by atoms with E-state index in [-0.39, 0.29) is 16.6 Å². The molecule has 0 aliphatic carbocycles. The molecule has 0 aliphatic rings. The smallest absolute Gasteiger partial charge is 0.362 e. The molecule has 11 nitrogen and oxygen atoms in total. The van der Waals surface area contributed by atoms with E-state index in [4.69, 9.17) is 26.2 Å². The van der Waals surface area contributed by atoms with Gasteiger partial charge in [-0.15, -0.1) is 5.11 Å². The first kappa shape index (κ1) is 25.5. The Balaban J connectivity index is 0.000000795. The number of carboxylic acid groups (broad SMARTS) is 1.